The summed E-state index contributed by atoms with van der Waals surface area (Å²) in [6, 6.07) is -1.86. The highest BCUT2D eigenvalue weighted by molar-refractivity contribution is 8.76. The Morgan fingerprint density at radius 3 is 2.22 bits per heavy atom. The summed E-state index contributed by atoms with van der Waals surface area (Å²) in [5.74, 6) is -0.878. The van der Waals surface area contributed by atoms with Gasteiger partial charge in [-0.15, -0.1) is 0 Å². The van der Waals surface area contributed by atoms with Crippen LogP contribution in [-0.4, -0.2) is 58.6 Å². The van der Waals surface area contributed by atoms with Crippen LogP contribution in [0.5, 0.6) is 0 Å². The minimum absolute atomic E-state index is 0.109. The smallest absolute Gasteiger partial charge is 0.405 e. The predicted molar refractivity (Wildman–Crippen MR) is 66.6 cm³/mol. The molecule has 0 saturated heterocycles. The molecule has 0 spiro atoms. The van der Waals surface area contributed by atoms with Gasteiger partial charge in [0.1, 0.15) is 12.3 Å². The molecule has 0 aromatic carbocycles. The summed E-state index contributed by atoms with van der Waals surface area (Å²) in [7, 11) is 2.26. The molecule has 0 radical (unpaired) electrons. The predicted octanol–water partition coefficient (Wildman–Crippen LogP) is -0.598. The second-order valence-electron chi connectivity index (χ2n) is 2.94. The van der Waals surface area contributed by atoms with Crippen molar-refractivity contribution in [1.29, 1.82) is 0 Å². The molecule has 0 aliphatic rings. The van der Waals surface area contributed by atoms with Gasteiger partial charge < -0.3 is 25.6 Å². The van der Waals surface area contributed by atoms with Crippen LogP contribution >= 0.6 is 21.6 Å². The lowest BCUT2D eigenvalue weighted by Crippen LogP contribution is -2.38. The van der Waals surface area contributed by atoms with E-state index in [-0.39, 0.29) is 11.5 Å². The maximum atomic E-state index is 10.6. The lowest BCUT2D eigenvalue weighted by Gasteiger charge is -2.11. The number of hydrogen-bond donors (Lipinski definition) is 4. The normalized spacial score (nSPS) is 13.1. The maximum Gasteiger partial charge on any atom is 0.405 e. The minimum atomic E-state index is -1.30. The van der Waals surface area contributed by atoms with Crippen molar-refractivity contribution in [2.24, 2.45) is 0 Å². The zero-order chi connectivity index (χ0) is 14.0. The molecule has 0 aliphatic carbocycles. The second kappa shape index (κ2) is 9.59. The summed E-state index contributed by atoms with van der Waals surface area (Å²) in [4.78, 5) is 41.5. The van der Waals surface area contributed by atoms with Crippen LogP contribution < -0.4 is 10.6 Å². The SMILES string of the molecule is O=CN[C@@H](CSSC[C@@H](C=O)NC(=O)O)C(=O)O. The summed E-state index contributed by atoms with van der Waals surface area (Å²) in [6.07, 6.45) is -0.548. The zero-order valence-corrected chi connectivity index (χ0v) is 10.7. The van der Waals surface area contributed by atoms with E-state index < -0.39 is 24.1 Å². The van der Waals surface area contributed by atoms with Gasteiger partial charge in [-0.1, -0.05) is 21.6 Å². The summed E-state index contributed by atoms with van der Waals surface area (Å²) in [5, 5.41) is 21.2. The maximum absolute atomic E-state index is 10.6. The molecular weight excluding hydrogens is 284 g/mol. The number of carboxylic acid groups (broad SMARTS) is 2. The first kappa shape index (κ1) is 16.6. The number of carbonyl (C=O) groups excluding carboxylic acids is 2. The molecule has 0 fully saturated rings. The number of aliphatic carboxylic acids is 1. The van der Waals surface area contributed by atoms with Crippen molar-refractivity contribution >= 4 is 46.3 Å². The van der Waals surface area contributed by atoms with E-state index >= 15 is 0 Å². The third-order valence-electron chi connectivity index (χ3n) is 1.61. The Kier molecular flexibility index (Phi) is 8.84. The van der Waals surface area contributed by atoms with Gasteiger partial charge in [0.2, 0.25) is 6.41 Å². The van der Waals surface area contributed by atoms with Crippen LogP contribution in [-0.2, 0) is 14.4 Å². The van der Waals surface area contributed by atoms with Crippen LogP contribution in [0.25, 0.3) is 0 Å². The Labute approximate surface area is 110 Å². The van der Waals surface area contributed by atoms with E-state index in [0.717, 1.165) is 21.6 Å². The van der Waals surface area contributed by atoms with Gasteiger partial charge in [-0.2, -0.15) is 0 Å². The minimum Gasteiger partial charge on any atom is -0.480 e. The molecule has 0 bridgehead atoms. The Morgan fingerprint density at radius 2 is 1.78 bits per heavy atom. The van der Waals surface area contributed by atoms with E-state index in [1.807, 2.05) is 5.32 Å². The van der Waals surface area contributed by atoms with Gasteiger partial charge in [0.15, 0.2) is 0 Å². The van der Waals surface area contributed by atoms with Crippen molar-refractivity contribution in [3.63, 3.8) is 0 Å². The van der Waals surface area contributed by atoms with Crippen molar-refractivity contribution in [2.45, 2.75) is 12.1 Å². The molecule has 0 saturated carbocycles. The lowest BCUT2D eigenvalue weighted by atomic mass is 10.3. The summed E-state index contributed by atoms with van der Waals surface area (Å²) >= 11 is 0. The van der Waals surface area contributed by atoms with Gasteiger partial charge in [-0.25, -0.2) is 9.59 Å². The van der Waals surface area contributed by atoms with E-state index in [4.69, 9.17) is 10.2 Å². The van der Waals surface area contributed by atoms with Crippen LogP contribution in [0, 0.1) is 0 Å². The standard InChI is InChI=1S/C8H12N2O6S2/c11-1-5(10-8(15)16)2-17-18-3-6(7(13)14)9-4-12/h1,4-6,10H,2-3H2,(H,9,12)(H,13,14)(H,15,16)/t5-,6+/m1/s1. The van der Waals surface area contributed by atoms with Crippen molar-refractivity contribution in [3.05, 3.63) is 0 Å². The fourth-order valence-corrected chi connectivity index (χ4v) is 3.09. The first-order valence-corrected chi connectivity index (χ1v) is 7.11. The summed E-state index contributed by atoms with van der Waals surface area (Å²) < 4.78 is 0. The second-order valence-corrected chi connectivity index (χ2v) is 5.49. The molecule has 18 heavy (non-hydrogen) atoms. The highest BCUT2D eigenvalue weighted by Gasteiger charge is 2.17. The average Bonchev–Trinajstić information content (AvgIpc) is 2.30. The molecule has 2 atom stereocenters. The summed E-state index contributed by atoms with van der Waals surface area (Å²) in [6.45, 7) is 0. The molecule has 0 unspecified atom stereocenters. The number of aldehydes is 1. The van der Waals surface area contributed by atoms with Gasteiger partial charge in [-0.05, 0) is 0 Å². The molecular formula is C8H12N2O6S2. The lowest BCUT2D eigenvalue weighted by molar-refractivity contribution is -0.139. The van der Waals surface area contributed by atoms with E-state index in [1.165, 1.54) is 0 Å². The molecule has 10 heteroatoms. The molecule has 0 heterocycles. The average molecular weight is 296 g/mol. The third kappa shape index (κ3) is 7.79. The fraction of sp³-hybridized carbons (Fsp3) is 0.500. The molecule has 0 aromatic rings. The Hall–Kier alpha value is -1.42. The molecule has 8 nitrogen and oxygen atoms in total. The van der Waals surface area contributed by atoms with Gasteiger partial charge in [0.25, 0.3) is 0 Å². The van der Waals surface area contributed by atoms with Crippen LogP contribution in [0.1, 0.15) is 0 Å². The molecule has 0 aliphatic heterocycles. The molecule has 102 valence electrons. The van der Waals surface area contributed by atoms with Crippen molar-refractivity contribution in [1.82, 2.24) is 10.6 Å². The molecule has 2 amide bonds. The van der Waals surface area contributed by atoms with E-state index in [1.54, 1.807) is 0 Å². The fourth-order valence-electron chi connectivity index (χ4n) is 0.784. The van der Waals surface area contributed by atoms with E-state index in [0.29, 0.717) is 12.7 Å². The topological polar surface area (TPSA) is 133 Å². The van der Waals surface area contributed by atoms with Gasteiger partial charge >= 0.3 is 12.1 Å². The van der Waals surface area contributed by atoms with Gasteiger partial charge in [0.05, 0.1) is 6.04 Å². The summed E-state index contributed by atoms with van der Waals surface area (Å²) in [5.41, 5.74) is 0. The first-order chi connectivity index (χ1) is 8.51. The number of carboxylic acids is 1. The Balaban J connectivity index is 3.88. The van der Waals surface area contributed by atoms with Crippen molar-refractivity contribution in [3.8, 4) is 0 Å². The van der Waals surface area contributed by atoms with Crippen LogP contribution in [0.4, 0.5) is 4.79 Å². The first-order valence-electron chi connectivity index (χ1n) is 4.63. The van der Waals surface area contributed by atoms with Gasteiger partial charge in [0, 0.05) is 11.5 Å². The number of nitrogens with one attached hydrogen (secondary N) is 2. The van der Waals surface area contributed by atoms with Crippen LogP contribution in [0.3, 0.4) is 0 Å². The highest BCUT2D eigenvalue weighted by Crippen LogP contribution is 2.22. The number of amides is 2. The number of carbonyl (C=O) groups is 4. The Bertz CT molecular complexity index is 314. The Morgan fingerprint density at radius 1 is 1.17 bits per heavy atom. The monoisotopic (exact) mass is 296 g/mol. The third-order valence-corrected chi connectivity index (χ3v) is 4.05. The molecule has 0 aromatic heterocycles. The zero-order valence-electron chi connectivity index (χ0n) is 9.07. The molecule has 0 rings (SSSR count). The van der Waals surface area contributed by atoms with Crippen LogP contribution in [0.15, 0.2) is 0 Å². The van der Waals surface area contributed by atoms with Crippen LogP contribution in [0.2, 0.25) is 0 Å². The van der Waals surface area contributed by atoms with Crippen molar-refractivity contribution < 1.29 is 29.4 Å². The molecule has 4 N–H and O–H groups in total. The highest BCUT2D eigenvalue weighted by atomic mass is 33.1. The van der Waals surface area contributed by atoms with E-state index in [2.05, 4.69) is 5.32 Å². The quantitative estimate of drug-likeness (QED) is 0.239. The van der Waals surface area contributed by atoms with Gasteiger partial charge in [-0.3, -0.25) is 4.79 Å². The largest absolute Gasteiger partial charge is 0.480 e. The number of hydrogen-bond acceptors (Lipinski definition) is 6. The number of rotatable bonds is 10. The van der Waals surface area contributed by atoms with E-state index in [9.17, 15) is 19.2 Å². The van der Waals surface area contributed by atoms with Crippen molar-refractivity contribution in [2.75, 3.05) is 11.5 Å².